The van der Waals surface area contributed by atoms with Gasteiger partial charge in [0.25, 0.3) is 0 Å². The lowest BCUT2D eigenvalue weighted by Crippen LogP contribution is -1.95. The van der Waals surface area contributed by atoms with Crippen molar-refractivity contribution in [3.63, 3.8) is 0 Å². The molecule has 8 heterocycles. The van der Waals surface area contributed by atoms with E-state index in [1.807, 2.05) is 0 Å². The summed E-state index contributed by atoms with van der Waals surface area (Å²) >= 11 is 9.32. The van der Waals surface area contributed by atoms with E-state index in [4.69, 9.17) is 0 Å². The Kier molecular flexibility index (Phi) is 22.6. The monoisotopic (exact) mass is 2240 g/mol. The van der Waals surface area contributed by atoms with Gasteiger partial charge in [0.05, 0.1) is 22.1 Å². The zero-order chi connectivity index (χ0) is 93.4. The second-order valence-electron chi connectivity index (χ2n) is 34.8. The molecule has 0 aliphatic carbocycles. The molecule has 660 valence electrons. The molecule has 28 rings (SSSR count). The van der Waals surface area contributed by atoms with Crippen LogP contribution in [-0.4, -0.2) is 58.4 Å². The fourth-order valence-electron chi connectivity index (χ4n) is 20.0. The Bertz CT molecular complexity index is 9740. The largest absolute Gasteiger partial charge is 0.274 e. The molecular formula is C124H76I4N12. The topological polar surface area (TPSA) is 121 Å². The quantitative estimate of drug-likeness (QED) is 0.0980. The molecule has 0 spiro atoms. The number of hydrogen-bond acceptors (Lipinski definition) is 8. The molecule has 0 fully saturated rings. The number of pyridine rings is 4. The third kappa shape index (κ3) is 15.8. The Morgan fingerprint density at radius 2 is 0.386 bits per heavy atom. The highest BCUT2D eigenvalue weighted by atomic mass is 127. The van der Waals surface area contributed by atoms with Gasteiger partial charge < -0.3 is 0 Å². The van der Waals surface area contributed by atoms with Crippen molar-refractivity contribution < 1.29 is 0 Å². The Hall–Kier alpha value is -15.6. The van der Waals surface area contributed by atoms with Crippen LogP contribution in [0.5, 0.6) is 0 Å². The van der Waals surface area contributed by atoms with Crippen LogP contribution in [0.2, 0.25) is 0 Å². The molecule has 0 aliphatic rings. The maximum Gasteiger partial charge on any atom is 0.169 e. The van der Waals surface area contributed by atoms with Crippen molar-refractivity contribution in [3.8, 4) is 112 Å². The molecule has 140 heavy (non-hydrogen) atoms. The summed E-state index contributed by atoms with van der Waals surface area (Å²) in [5.41, 5.74) is 26.7. The third-order valence-corrected chi connectivity index (χ3v) is 29.5. The van der Waals surface area contributed by atoms with Crippen LogP contribution in [0.15, 0.2) is 461 Å². The van der Waals surface area contributed by atoms with Crippen LogP contribution in [0.25, 0.3) is 243 Å². The normalized spacial score (nSPS) is 11.6. The highest BCUT2D eigenvalue weighted by Gasteiger charge is 2.24. The fraction of sp³-hybridized carbons (Fsp3) is 0. The van der Waals surface area contributed by atoms with E-state index in [0.29, 0.717) is 0 Å². The molecule has 12 nitrogen and oxygen atoms in total. The van der Waals surface area contributed by atoms with E-state index in [0.717, 1.165) is 112 Å². The number of benzene rings is 20. The molecule has 0 saturated heterocycles. The number of aromatic nitrogens is 12. The van der Waals surface area contributed by atoms with Crippen molar-refractivity contribution >= 4 is 221 Å². The van der Waals surface area contributed by atoms with Crippen LogP contribution in [-0.2, 0) is 0 Å². The van der Waals surface area contributed by atoms with Gasteiger partial charge in [-0.2, -0.15) is 0 Å². The van der Waals surface area contributed by atoms with E-state index >= 15 is 0 Å². The zero-order valence-corrected chi connectivity index (χ0v) is 83.4. The van der Waals surface area contributed by atoms with Crippen molar-refractivity contribution in [2.24, 2.45) is 0 Å². The highest BCUT2D eigenvalue weighted by Crippen LogP contribution is 2.44. The maximum absolute atomic E-state index is 4.64. The van der Waals surface area contributed by atoms with E-state index in [9.17, 15) is 0 Å². The lowest BCUT2D eigenvalue weighted by Gasteiger charge is -2.14. The van der Waals surface area contributed by atoms with Crippen molar-refractivity contribution in [3.05, 3.63) is 475 Å². The lowest BCUT2D eigenvalue weighted by atomic mass is 9.93. The maximum atomic E-state index is 4.64. The van der Waals surface area contributed by atoms with E-state index in [1.54, 1.807) is 0 Å². The van der Waals surface area contributed by atoms with Gasteiger partial charge in [-0.3, -0.25) is 17.6 Å². The summed E-state index contributed by atoms with van der Waals surface area (Å²) in [7, 11) is 0. The molecule has 16 heteroatoms. The number of hydrogen-bond donors (Lipinski definition) is 0. The molecule has 0 amide bonds. The Balaban J connectivity index is 0.0000000986. The van der Waals surface area contributed by atoms with Gasteiger partial charge in [0.2, 0.25) is 0 Å². The molecule has 0 atom stereocenters. The van der Waals surface area contributed by atoms with Gasteiger partial charge in [0, 0.05) is 79.6 Å². The van der Waals surface area contributed by atoms with Gasteiger partial charge >= 0.3 is 0 Å². The Morgan fingerprint density at radius 1 is 0.136 bits per heavy atom. The average molecular weight is 2240 g/mol. The molecule has 0 saturated carbocycles. The summed E-state index contributed by atoms with van der Waals surface area (Å²) < 4.78 is 13.6. The van der Waals surface area contributed by atoms with Crippen molar-refractivity contribution in [2.75, 3.05) is 0 Å². The van der Waals surface area contributed by atoms with Crippen LogP contribution in [0, 0.1) is 14.3 Å². The van der Waals surface area contributed by atoms with Crippen LogP contribution >= 0.6 is 90.4 Å². The van der Waals surface area contributed by atoms with Crippen molar-refractivity contribution in [2.45, 2.75) is 0 Å². The molecule has 0 unspecified atom stereocenters. The first-order valence-electron chi connectivity index (χ1n) is 46.2. The molecule has 8 aromatic heterocycles. The van der Waals surface area contributed by atoms with Gasteiger partial charge in [0.15, 0.2) is 45.9 Å². The van der Waals surface area contributed by atoms with Gasteiger partial charge in [-0.1, -0.05) is 352 Å². The third-order valence-electron chi connectivity index (χ3n) is 26.7. The first-order chi connectivity index (χ1) is 69.1. The van der Waals surface area contributed by atoms with Crippen molar-refractivity contribution in [1.82, 2.24) is 58.4 Å². The highest BCUT2D eigenvalue weighted by molar-refractivity contribution is 14.1. The SMILES string of the molecule is Ic1ccc(-c2nnc3c4ccccc4c4cc(-c5ccc6ccccc6c5)ccc4n23)cc1.Ic1ccc(-c2nnc3c4ccccc4c4cc(-c5cccc(-c6ccccc6)c5)ccc4n23)cc1.Ic1ccc(-c2nnc3c4ccccc4c4cc(-c5cccc6ccccc56)ccc4n23)cc1.Ic1ccc(-c2nnc3c4ccccc4c4cc(-c5ccccc5-c5ccccc5)ccc4n23)cc1. The summed E-state index contributed by atoms with van der Waals surface area (Å²) in [4.78, 5) is 0. The van der Waals surface area contributed by atoms with E-state index in [-0.39, 0.29) is 0 Å². The summed E-state index contributed by atoms with van der Waals surface area (Å²) in [6, 6.07) is 163. The lowest BCUT2D eigenvalue weighted by molar-refractivity contribution is 1.12. The minimum Gasteiger partial charge on any atom is -0.274 e. The molecule has 28 aromatic rings. The first kappa shape index (κ1) is 86.0. The molecule has 20 aromatic carbocycles. The smallest absolute Gasteiger partial charge is 0.169 e. The zero-order valence-electron chi connectivity index (χ0n) is 74.8. The summed E-state index contributed by atoms with van der Waals surface area (Å²) in [6.07, 6.45) is 0. The predicted octanol–water partition coefficient (Wildman–Crippen LogP) is 33.5. The molecule has 0 radical (unpaired) electrons. The summed E-state index contributed by atoms with van der Waals surface area (Å²) in [5.74, 6) is 3.44. The van der Waals surface area contributed by atoms with Crippen LogP contribution in [0.3, 0.4) is 0 Å². The first-order valence-corrected chi connectivity index (χ1v) is 50.5. The number of nitrogens with zero attached hydrogens (tertiary/aromatic N) is 12. The molecule has 0 N–H and O–H groups in total. The molecule has 0 aliphatic heterocycles. The Morgan fingerprint density at radius 3 is 0.786 bits per heavy atom. The van der Waals surface area contributed by atoms with Gasteiger partial charge in [-0.05, 0) is 309 Å². The van der Waals surface area contributed by atoms with E-state index in [2.05, 4.69) is 610 Å². The summed E-state index contributed by atoms with van der Waals surface area (Å²) in [5, 5.41) is 56.0. The van der Waals surface area contributed by atoms with Gasteiger partial charge in [-0.15, -0.1) is 40.8 Å². The average Bonchev–Trinajstić information content (AvgIpc) is 1.54. The van der Waals surface area contributed by atoms with Crippen LogP contribution < -0.4 is 0 Å². The number of fused-ring (bicyclic) bond motifs is 26. The van der Waals surface area contributed by atoms with Crippen LogP contribution in [0.1, 0.15) is 0 Å². The fourth-order valence-corrected chi connectivity index (χ4v) is 21.4. The van der Waals surface area contributed by atoms with Crippen molar-refractivity contribution in [1.29, 1.82) is 0 Å². The molecular weight excluding hydrogens is 2170 g/mol. The van der Waals surface area contributed by atoms with E-state index < -0.39 is 0 Å². The van der Waals surface area contributed by atoms with Gasteiger partial charge in [0.1, 0.15) is 0 Å². The van der Waals surface area contributed by atoms with Gasteiger partial charge in [-0.25, -0.2) is 0 Å². The van der Waals surface area contributed by atoms with Crippen LogP contribution in [0.4, 0.5) is 0 Å². The second-order valence-corrected chi connectivity index (χ2v) is 39.8. The standard InChI is InChI=1S/2C32H20IN3.2C30H18IN3/c33-24-17-14-22(15-18-24)31-34-35-32-28-13-7-6-12-27(28)29-20-23(16-19-30(29)36(31)32)26-11-5-4-10-25(26)21-8-2-1-3-9-21;33-26-16-13-22(14-17-26)31-34-35-32-28-12-5-4-11-27(28)29-20-25(15-18-30(29)36(31)32)24-10-6-9-23(19-24)21-7-2-1-3-8-21;31-22-15-12-20(13-16-22)29-32-33-30-26-10-4-3-9-25(26)27-18-21(14-17-28(27)34(29)30)24-11-5-7-19-6-1-2-8-23(19)24;31-24-14-11-20(12-15-24)29-32-33-30-26-8-4-3-7-25(26)27-18-23(13-16-28(27)34(29)30)22-10-9-19-5-1-2-6-21(19)17-22/h2*1-20H;2*1-18H. The number of halogens is 4. The second kappa shape index (κ2) is 36.7. The molecule has 0 bridgehead atoms. The Labute approximate surface area is 858 Å². The minimum absolute atomic E-state index is 0.856. The summed E-state index contributed by atoms with van der Waals surface area (Å²) in [6.45, 7) is 0. The number of rotatable bonds is 10. The predicted molar refractivity (Wildman–Crippen MR) is 612 cm³/mol. The van der Waals surface area contributed by atoms with E-state index in [1.165, 1.54) is 146 Å². The minimum atomic E-state index is 0.856.